The molecule has 1 heterocycles. The van der Waals surface area contributed by atoms with Crippen molar-refractivity contribution in [3.05, 3.63) is 71.7 Å². The van der Waals surface area contributed by atoms with E-state index in [0.717, 1.165) is 34.3 Å². The van der Waals surface area contributed by atoms with E-state index in [2.05, 4.69) is 22.4 Å². The van der Waals surface area contributed by atoms with Gasteiger partial charge < -0.3 is 10.4 Å². The number of benzene rings is 2. The maximum Gasteiger partial charge on any atom is 0.124 e. The number of rotatable bonds is 6. The molecule has 4 heteroatoms. The number of aryl methyl sites for hydroxylation is 1. The minimum Gasteiger partial charge on any atom is -0.396 e. The van der Waals surface area contributed by atoms with Gasteiger partial charge in [0.1, 0.15) is 5.82 Å². The van der Waals surface area contributed by atoms with Gasteiger partial charge in [-0.1, -0.05) is 30.3 Å². The molecule has 0 radical (unpaired) electrons. The van der Waals surface area contributed by atoms with Crippen molar-refractivity contribution >= 4 is 16.6 Å². The number of pyridine rings is 1. The van der Waals surface area contributed by atoms with Crippen LogP contribution in [0.2, 0.25) is 0 Å². The minimum absolute atomic E-state index is 0.0478. The summed E-state index contributed by atoms with van der Waals surface area (Å²) in [5.74, 6) is -0.275. The summed E-state index contributed by atoms with van der Waals surface area (Å²) in [6, 6.07) is 16.7. The molecule has 0 aliphatic heterocycles. The number of aliphatic hydroxyl groups excluding tert-OH is 1. The average molecular weight is 324 g/mol. The Morgan fingerprint density at radius 2 is 1.92 bits per heavy atom. The van der Waals surface area contributed by atoms with Crippen LogP contribution >= 0.6 is 0 Å². The van der Waals surface area contributed by atoms with Crippen LogP contribution < -0.4 is 5.32 Å². The van der Waals surface area contributed by atoms with Gasteiger partial charge in [0.25, 0.3) is 0 Å². The molecule has 0 saturated heterocycles. The molecule has 1 aromatic heterocycles. The van der Waals surface area contributed by atoms with Gasteiger partial charge in [-0.3, -0.25) is 4.98 Å². The predicted octanol–water partition coefficient (Wildman–Crippen LogP) is 4.61. The Labute approximate surface area is 141 Å². The van der Waals surface area contributed by atoms with E-state index in [1.165, 1.54) is 12.1 Å². The van der Waals surface area contributed by atoms with Crippen LogP contribution in [0.25, 0.3) is 10.9 Å². The van der Waals surface area contributed by atoms with Gasteiger partial charge in [0.15, 0.2) is 0 Å². The number of nitrogens with one attached hydrogen (secondary N) is 1. The fraction of sp³-hybridized carbons (Fsp3) is 0.250. The van der Waals surface area contributed by atoms with Crippen LogP contribution in [-0.4, -0.2) is 16.7 Å². The lowest BCUT2D eigenvalue weighted by molar-refractivity contribution is 0.281. The van der Waals surface area contributed by atoms with Crippen molar-refractivity contribution in [2.45, 2.75) is 25.8 Å². The Bertz CT molecular complexity index is 820. The first-order chi connectivity index (χ1) is 11.7. The third-order valence-corrected chi connectivity index (χ3v) is 4.08. The molecule has 2 N–H and O–H groups in total. The average Bonchev–Trinajstić information content (AvgIpc) is 2.59. The summed E-state index contributed by atoms with van der Waals surface area (Å²) >= 11 is 0. The molecule has 0 bridgehead atoms. The van der Waals surface area contributed by atoms with Gasteiger partial charge in [-0.2, -0.15) is 0 Å². The Hall–Kier alpha value is -2.46. The van der Waals surface area contributed by atoms with E-state index in [1.54, 1.807) is 6.07 Å². The monoisotopic (exact) mass is 324 g/mol. The zero-order valence-electron chi connectivity index (χ0n) is 13.7. The highest BCUT2D eigenvalue weighted by molar-refractivity contribution is 5.91. The van der Waals surface area contributed by atoms with Crippen molar-refractivity contribution in [2.24, 2.45) is 0 Å². The summed E-state index contributed by atoms with van der Waals surface area (Å²) in [4.78, 5) is 4.47. The van der Waals surface area contributed by atoms with Crippen molar-refractivity contribution in [2.75, 3.05) is 11.9 Å². The van der Waals surface area contributed by atoms with E-state index in [4.69, 9.17) is 0 Å². The van der Waals surface area contributed by atoms with E-state index >= 15 is 0 Å². The summed E-state index contributed by atoms with van der Waals surface area (Å²) in [7, 11) is 0. The Balaban J connectivity index is 2.00. The van der Waals surface area contributed by atoms with Crippen molar-refractivity contribution in [3.8, 4) is 0 Å². The fourth-order valence-corrected chi connectivity index (χ4v) is 2.94. The number of hydrogen-bond donors (Lipinski definition) is 2. The number of halogens is 1. The first kappa shape index (κ1) is 16.4. The lowest BCUT2D eigenvalue weighted by atomic mass is 10.0. The Kier molecular flexibility index (Phi) is 5.06. The second-order valence-corrected chi connectivity index (χ2v) is 5.95. The smallest absolute Gasteiger partial charge is 0.124 e. The molecule has 0 spiro atoms. The highest BCUT2D eigenvalue weighted by atomic mass is 19.1. The van der Waals surface area contributed by atoms with E-state index in [1.807, 2.05) is 31.2 Å². The molecule has 3 rings (SSSR count). The molecule has 0 aliphatic rings. The molecule has 0 saturated carbocycles. The van der Waals surface area contributed by atoms with Crippen LogP contribution in [0.15, 0.2) is 54.6 Å². The number of fused-ring (bicyclic) bond motifs is 1. The number of hydrogen-bond acceptors (Lipinski definition) is 3. The predicted molar refractivity (Wildman–Crippen MR) is 95.6 cm³/mol. The van der Waals surface area contributed by atoms with Gasteiger partial charge in [-0.25, -0.2) is 4.39 Å². The van der Waals surface area contributed by atoms with Gasteiger partial charge in [0, 0.05) is 23.4 Å². The molecular formula is C20H21FN2O. The molecule has 3 nitrogen and oxygen atoms in total. The second kappa shape index (κ2) is 7.41. The van der Waals surface area contributed by atoms with E-state index in [0.29, 0.717) is 6.42 Å². The second-order valence-electron chi connectivity index (χ2n) is 5.95. The fourth-order valence-electron chi connectivity index (χ4n) is 2.94. The summed E-state index contributed by atoms with van der Waals surface area (Å²) < 4.78 is 13.7. The summed E-state index contributed by atoms with van der Waals surface area (Å²) in [6.45, 7) is 2.08. The van der Waals surface area contributed by atoms with Crippen LogP contribution in [0.3, 0.4) is 0 Å². The molecule has 0 fully saturated rings. The lowest BCUT2D eigenvalue weighted by Gasteiger charge is -2.21. The van der Waals surface area contributed by atoms with Crippen LogP contribution in [-0.2, 0) is 0 Å². The number of nitrogens with zero attached hydrogens (tertiary/aromatic N) is 1. The SMILES string of the molecule is Cc1cc(NC(CCCO)c2ccccc2)c2cc(F)ccc2n1. The molecule has 1 atom stereocenters. The molecule has 1 unspecified atom stereocenters. The quantitative estimate of drug-likeness (QED) is 0.696. The largest absolute Gasteiger partial charge is 0.396 e. The standard InChI is InChI=1S/C20H21FN2O/c1-14-12-20(17-13-16(21)9-10-19(17)22-14)23-18(8-5-11-24)15-6-3-2-4-7-15/h2-4,6-7,9-10,12-13,18,24H,5,8,11H2,1H3,(H,22,23). The lowest BCUT2D eigenvalue weighted by Crippen LogP contribution is -2.12. The maximum absolute atomic E-state index is 13.7. The van der Waals surface area contributed by atoms with Crippen molar-refractivity contribution in [3.63, 3.8) is 0 Å². The summed E-state index contributed by atoms with van der Waals surface area (Å²) in [5.41, 5.74) is 3.66. The van der Waals surface area contributed by atoms with Gasteiger partial charge in [0.2, 0.25) is 0 Å². The first-order valence-electron chi connectivity index (χ1n) is 8.16. The number of anilines is 1. The molecule has 0 amide bonds. The Morgan fingerprint density at radius 1 is 1.12 bits per heavy atom. The van der Waals surface area contributed by atoms with Crippen LogP contribution in [0.5, 0.6) is 0 Å². The minimum atomic E-state index is -0.275. The maximum atomic E-state index is 13.7. The van der Waals surface area contributed by atoms with E-state index in [9.17, 15) is 9.50 Å². The summed E-state index contributed by atoms with van der Waals surface area (Å²) in [5, 5.41) is 13.5. The molecule has 2 aromatic carbocycles. The van der Waals surface area contributed by atoms with Crippen molar-refractivity contribution in [1.82, 2.24) is 4.98 Å². The zero-order chi connectivity index (χ0) is 16.9. The van der Waals surface area contributed by atoms with Crippen LogP contribution in [0.4, 0.5) is 10.1 Å². The number of aliphatic hydroxyl groups is 1. The third-order valence-electron chi connectivity index (χ3n) is 4.08. The third kappa shape index (κ3) is 3.71. The molecule has 0 aliphatic carbocycles. The number of aromatic nitrogens is 1. The van der Waals surface area contributed by atoms with E-state index in [-0.39, 0.29) is 18.5 Å². The van der Waals surface area contributed by atoms with Crippen molar-refractivity contribution < 1.29 is 9.50 Å². The highest BCUT2D eigenvalue weighted by Gasteiger charge is 2.13. The van der Waals surface area contributed by atoms with Crippen molar-refractivity contribution in [1.29, 1.82) is 0 Å². The molecule has 24 heavy (non-hydrogen) atoms. The first-order valence-corrected chi connectivity index (χ1v) is 8.16. The Morgan fingerprint density at radius 3 is 2.67 bits per heavy atom. The van der Waals surface area contributed by atoms with Gasteiger partial charge in [-0.15, -0.1) is 0 Å². The molecular weight excluding hydrogens is 303 g/mol. The van der Waals surface area contributed by atoms with Crippen LogP contribution in [0.1, 0.15) is 30.1 Å². The van der Waals surface area contributed by atoms with Crippen LogP contribution in [0, 0.1) is 12.7 Å². The topological polar surface area (TPSA) is 45.1 Å². The normalized spacial score (nSPS) is 12.3. The van der Waals surface area contributed by atoms with E-state index < -0.39 is 0 Å². The molecule has 3 aromatic rings. The van der Waals surface area contributed by atoms with Gasteiger partial charge >= 0.3 is 0 Å². The van der Waals surface area contributed by atoms with Gasteiger partial charge in [-0.05, 0) is 49.6 Å². The zero-order valence-corrected chi connectivity index (χ0v) is 13.7. The molecule has 124 valence electrons. The van der Waals surface area contributed by atoms with Gasteiger partial charge in [0.05, 0.1) is 11.6 Å². The summed E-state index contributed by atoms with van der Waals surface area (Å²) in [6.07, 6.45) is 1.49. The highest BCUT2D eigenvalue weighted by Crippen LogP contribution is 2.30.